The topological polar surface area (TPSA) is 12.0 Å². The van der Waals surface area contributed by atoms with Crippen LogP contribution in [0.3, 0.4) is 0 Å². The summed E-state index contributed by atoms with van der Waals surface area (Å²) in [5.41, 5.74) is 0. The molecule has 1 nitrogen and oxygen atoms in total. The number of nitrogens with one attached hydrogen (secondary N) is 1. The van der Waals surface area contributed by atoms with Crippen molar-refractivity contribution < 1.29 is 0 Å². The van der Waals surface area contributed by atoms with Crippen LogP contribution in [0.25, 0.3) is 0 Å². The van der Waals surface area contributed by atoms with Crippen molar-refractivity contribution in [3.63, 3.8) is 0 Å². The monoisotopic (exact) mass is 185 g/mol. The minimum absolute atomic E-state index is 0.714. The van der Waals surface area contributed by atoms with Gasteiger partial charge in [0.2, 0.25) is 0 Å². The molecule has 1 N–H and O–H groups in total. The molecule has 13 heavy (non-hydrogen) atoms. The maximum Gasteiger partial charge on any atom is 0.00924 e. The summed E-state index contributed by atoms with van der Waals surface area (Å²) in [6.07, 6.45) is 4.02. The predicted octanol–water partition coefficient (Wildman–Crippen LogP) is 3.45. The standard InChI is InChI=1S/C12H27N/c1-6-8-11(5)9-12(10(3)4)13-7-2/h10-13H,6-9H2,1-5H3. The van der Waals surface area contributed by atoms with Gasteiger partial charge >= 0.3 is 0 Å². The van der Waals surface area contributed by atoms with Crippen molar-refractivity contribution >= 4 is 0 Å². The molecule has 0 saturated heterocycles. The second kappa shape index (κ2) is 7.37. The maximum absolute atomic E-state index is 3.57. The Balaban J connectivity index is 3.79. The molecular formula is C12H27N. The van der Waals surface area contributed by atoms with Crippen molar-refractivity contribution in [2.24, 2.45) is 11.8 Å². The molecule has 0 aromatic rings. The van der Waals surface area contributed by atoms with E-state index in [1.165, 1.54) is 19.3 Å². The van der Waals surface area contributed by atoms with E-state index in [2.05, 4.69) is 39.9 Å². The summed E-state index contributed by atoms with van der Waals surface area (Å²) < 4.78 is 0. The second-order valence-corrected chi connectivity index (χ2v) is 4.54. The number of rotatable bonds is 7. The molecule has 0 saturated carbocycles. The van der Waals surface area contributed by atoms with E-state index >= 15 is 0 Å². The smallest absolute Gasteiger partial charge is 0.00924 e. The van der Waals surface area contributed by atoms with Crippen LogP contribution in [-0.4, -0.2) is 12.6 Å². The van der Waals surface area contributed by atoms with E-state index < -0.39 is 0 Å². The lowest BCUT2D eigenvalue weighted by Gasteiger charge is -2.24. The lowest BCUT2D eigenvalue weighted by molar-refractivity contribution is 0.323. The molecule has 0 bridgehead atoms. The van der Waals surface area contributed by atoms with Gasteiger partial charge in [0.25, 0.3) is 0 Å². The van der Waals surface area contributed by atoms with Gasteiger partial charge in [-0.25, -0.2) is 0 Å². The van der Waals surface area contributed by atoms with Crippen LogP contribution < -0.4 is 5.32 Å². The minimum atomic E-state index is 0.714. The fourth-order valence-corrected chi connectivity index (χ4v) is 1.90. The summed E-state index contributed by atoms with van der Waals surface area (Å²) in [4.78, 5) is 0. The van der Waals surface area contributed by atoms with Crippen molar-refractivity contribution in [3.8, 4) is 0 Å². The van der Waals surface area contributed by atoms with E-state index in [1.807, 2.05) is 0 Å². The van der Waals surface area contributed by atoms with E-state index in [-0.39, 0.29) is 0 Å². The molecule has 0 spiro atoms. The van der Waals surface area contributed by atoms with E-state index in [1.54, 1.807) is 0 Å². The highest BCUT2D eigenvalue weighted by molar-refractivity contribution is 4.72. The zero-order chi connectivity index (χ0) is 10.3. The Hall–Kier alpha value is -0.0400. The molecule has 0 aliphatic rings. The van der Waals surface area contributed by atoms with E-state index in [0.29, 0.717) is 6.04 Å². The van der Waals surface area contributed by atoms with Crippen LogP contribution in [0.1, 0.15) is 53.9 Å². The lowest BCUT2D eigenvalue weighted by Crippen LogP contribution is -2.35. The van der Waals surface area contributed by atoms with Crippen LogP contribution >= 0.6 is 0 Å². The molecule has 0 radical (unpaired) electrons. The molecule has 2 atom stereocenters. The van der Waals surface area contributed by atoms with E-state index in [0.717, 1.165) is 18.4 Å². The molecule has 0 aromatic heterocycles. The Morgan fingerprint density at radius 2 is 1.69 bits per heavy atom. The SMILES string of the molecule is CCCC(C)CC(NCC)C(C)C. The highest BCUT2D eigenvalue weighted by atomic mass is 14.9. The summed E-state index contributed by atoms with van der Waals surface area (Å²) in [6.45, 7) is 12.6. The quantitative estimate of drug-likeness (QED) is 0.640. The zero-order valence-electron chi connectivity index (χ0n) is 10.1. The fourth-order valence-electron chi connectivity index (χ4n) is 1.90. The molecule has 80 valence electrons. The average molecular weight is 185 g/mol. The predicted molar refractivity (Wildman–Crippen MR) is 61.0 cm³/mol. The normalized spacial score (nSPS) is 16.2. The van der Waals surface area contributed by atoms with Crippen molar-refractivity contribution in [1.29, 1.82) is 0 Å². The molecule has 0 amide bonds. The molecule has 0 heterocycles. The first-order chi connectivity index (χ1) is 6.11. The van der Waals surface area contributed by atoms with Gasteiger partial charge in [0.15, 0.2) is 0 Å². The Labute approximate surface area is 84.3 Å². The Kier molecular flexibility index (Phi) is 7.35. The first-order valence-electron chi connectivity index (χ1n) is 5.85. The molecule has 0 aliphatic carbocycles. The highest BCUT2D eigenvalue weighted by Crippen LogP contribution is 2.16. The molecule has 2 unspecified atom stereocenters. The van der Waals surface area contributed by atoms with Gasteiger partial charge in [-0.1, -0.05) is 47.5 Å². The van der Waals surface area contributed by atoms with Gasteiger partial charge in [0, 0.05) is 6.04 Å². The van der Waals surface area contributed by atoms with Crippen molar-refractivity contribution in [1.82, 2.24) is 5.32 Å². The Morgan fingerprint density at radius 1 is 1.08 bits per heavy atom. The third kappa shape index (κ3) is 6.09. The van der Waals surface area contributed by atoms with Crippen LogP contribution in [0, 0.1) is 11.8 Å². The molecule has 0 aromatic carbocycles. The van der Waals surface area contributed by atoms with E-state index in [9.17, 15) is 0 Å². The van der Waals surface area contributed by atoms with Crippen LogP contribution in [0.4, 0.5) is 0 Å². The van der Waals surface area contributed by atoms with Crippen molar-refractivity contribution in [2.45, 2.75) is 59.9 Å². The van der Waals surface area contributed by atoms with Gasteiger partial charge in [-0.3, -0.25) is 0 Å². The van der Waals surface area contributed by atoms with E-state index in [4.69, 9.17) is 0 Å². The Bertz CT molecular complexity index is 110. The fraction of sp³-hybridized carbons (Fsp3) is 1.00. The number of hydrogen-bond donors (Lipinski definition) is 1. The van der Waals surface area contributed by atoms with Crippen molar-refractivity contribution in [3.05, 3.63) is 0 Å². The summed E-state index contributed by atoms with van der Waals surface area (Å²) in [7, 11) is 0. The molecular weight excluding hydrogens is 158 g/mol. The van der Waals surface area contributed by atoms with Crippen molar-refractivity contribution in [2.75, 3.05) is 6.54 Å². The average Bonchev–Trinajstić information content (AvgIpc) is 2.04. The summed E-state index contributed by atoms with van der Waals surface area (Å²) in [5.74, 6) is 1.63. The summed E-state index contributed by atoms with van der Waals surface area (Å²) in [6, 6.07) is 0.714. The van der Waals surface area contributed by atoms with Gasteiger partial charge in [-0.15, -0.1) is 0 Å². The first-order valence-corrected chi connectivity index (χ1v) is 5.85. The molecule has 1 heteroatoms. The van der Waals surface area contributed by atoms with Gasteiger partial charge in [-0.05, 0) is 24.8 Å². The van der Waals surface area contributed by atoms with Crippen LogP contribution in [0.2, 0.25) is 0 Å². The van der Waals surface area contributed by atoms with Crippen LogP contribution in [0.15, 0.2) is 0 Å². The third-order valence-corrected chi connectivity index (χ3v) is 2.71. The minimum Gasteiger partial charge on any atom is -0.314 e. The molecule has 0 rings (SSSR count). The first kappa shape index (κ1) is 13.0. The molecule has 0 fully saturated rings. The largest absolute Gasteiger partial charge is 0.314 e. The third-order valence-electron chi connectivity index (χ3n) is 2.71. The van der Waals surface area contributed by atoms with Gasteiger partial charge in [-0.2, -0.15) is 0 Å². The Morgan fingerprint density at radius 3 is 2.08 bits per heavy atom. The summed E-state index contributed by atoms with van der Waals surface area (Å²) >= 11 is 0. The zero-order valence-corrected chi connectivity index (χ0v) is 10.1. The van der Waals surface area contributed by atoms with Crippen LogP contribution in [-0.2, 0) is 0 Å². The molecule has 0 aliphatic heterocycles. The second-order valence-electron chi connectivity index (χ2n) is 4.54. The lowest BCUT2D eigenvalue weighted by atomic mass is 9.91. The maximum atomic E-state index is 3.57. The highest BCUT2D eigenvalue weighted by Gasteiger charge is 2.14. The summed E-state index contributed by atoms with van der Waals surface area (Å²) in [5, 5.41) is 3.57. The van der Waals surface area contributed by atoms with Gasteiger partial charge in [0.1, 0.15) is 0 Å². The number of hydrogen-bond acceptors (Lipinski definition) is 1. The van der Waals surface area contributed by atoms with Gasteiger partial charge < -0.3 is 5.32 Å². The van der Waals surface area contributed by atoms with Gasteiger partial charge in [0.05, 0.1) is 0 Å². The van der Waals surface area contributed by atoms with Crippen LogP contribution in [0.5, 0.6) is 0 Å².